The van der Waals surface area contributed by atoms with Crippen LogP contribution in [0.2, 0.25) is 5.02 Å². The fraction of sp³-hybridized carbons (Fsp3) is 0.500. The number of halogens is 2. The zero-order chi connectivity index (χ0) is 15.3. The third-order valence-electron chi connectivity index (χ3n) is 2.72. The SMILES string of the molecule is C=CCC[C@@H](N[S+]([O-])C(C)(C)C)c1ccnc(F)c1Cl. The molecule has 0 fully saturated rings. The maximum Gasteiger partial charge on any atom is 0.231 e. The lowest BCUT2D eigenvalue weighted by Crippen LogP contribution is -2.41. The lowest BCUT2D eigenvalue weighted by molar-refractivity contribution is 0.509. The third-order valence-corrected chi connectivity index (χ3v) is 4.70. The number of hydrogen-bond donors (Lipinski definition) is 1. The molecule has 0 saturated carbocycles. The van der Waals surface area contributed by atoms with Gasteiger partial charge in [-0.2, -0.15) is 4.39 Å². The Morgan fingerprint density at radius 3 is 2.80 bits per heavy atom. The van der Waals surface area contributed by atoms with Crippen molar-refractivity contribution in [1.82, 2.24) is 9.71 Å². The van der Waals surface area contributed by atoms with E-state index in [4.69, 9.17) is 11.6 Å². The predicted molar refractivity (Wildman–Crippen MR) is 82.4 cm³/mol. The van der Waals surface area contributed by atoms with Crippen molar-refractivity contribution in [3.05, 3.63) is 41.5 Å². The lowest BCUT2D eigenvalue weighted by atomic mass is 10.0. The fourth-order valence-corrected chi connectivity index (χ4v) is 2.67. The van der Waals surface area contributed by atoms with Crippen molar-refractivity contribution in [1.29, 1.82) is 0 Å². The highest BCUT2D eigenvalue weighted by Crippen LogP contribution is 2.29. The first kappa shape index (κ1) is 17.4. The van der Waals surface area contributed by atoms with Crippen LogP contribution >= 0.6 is 11.6 Å². The molecule has 0 aromatic carbocycles. The molecule has 1 rings (SSSR count). The molecule has 0 aliphatic rings. The van der Waals surface area contributed by atoms with Gasteiger partial charge in [-0.15, -0.1) is 11.3 Å². The van der Waals surface area contributed by atoms with Crippen molar-refractivity contribution < 1.29 is 8.94 Å². The van der Waals surface area contributed by atoms with Gasteiger partial charge in [0, 0.05) is 17.6 Å². The molecule has 1 N–H and O–H groups in total. The minimum atomic E-state index is -1.27. The van der Waals surface area contributed by atoms with Crippen molar-refractivity contribution in [2.45, 2.75) is 44.4 Å². The Hall–Kier alpha value is -0.620. The summed E-state index contributed by atoms with van der Waals surface area (Å²) < 4.78 is 28.3. The van der Waals surface area contributed by atoms with Crippen molar-refractivity contribution in [2.24, 2.45) is 0 Å². The Balaban J connectivity index is 3.00. The summed E-state index contributed by atoms with van der Waals surface area (Å²) in [6.45, 7) is 9.28. The van der Waals surface area contributed by atoms with E-state index in [0.29, 0.717) is 18.4 Å². The number of hydrogen-bond acceptors (Lipinski definition) is 3. The van der Waals surface area contributed by atoms with Crippen LogP contribution in [0, 0.1) is 5.95 Å². The molecule has 1 unspecified atom stereocenters. The topological polar surface area (TPSA) is 48.0 Å². The Labute approximate surface area is 127 Å². The molecule has 2 atom stereocenters. The second kappa shape index (κ2) is 7.41. The molecule has 6 heteroatoms. The second-order valence-electron chi connectivity index (χ2n) is 5.42. The molecule has 0 radical (unpaired) electrons. The molecular weight excluding hydrogens is 299 g/mol. The molecule has 0 amide bonds. The van der Waals surface area contributed by atoms with E-state index >= 15 is 0 Å². The first-order chi connectivity index (χ1) is 9.27. The quantitative estimate of drug-likeness (QED) is 0.491. The smallest absolute Gasteiger partial charge is 0.231 e. The van der Waals surface area contributed by atoms with E-state index in [1.165, 1.54) is 6.20 Å². The molecule has 0 saturated heterocycles. The van der Waals surface area contributed by atoms with E-state index in [2.05, 4.69) is 16.3 Å². The highest BCUT2D eigenvalue weighted by molar-refractivity contribution is 7.90. The molecule has 1 aromatic heterocycles. The summed E-state index contributed by atoms with van der Waals surface area (Å²) in [7, 11) is 0. The van der Waals surface area contributed by atoms with E-state index in [0.717, 1.165) is 0 Å². The number of rotatable bonds is 6. The van der Waals surface area contributed by atoms with Gasteiger partial charge in [-0.1, -0.05) is 17.7 Å². The minimum Gasteiger partial charge on any atom is -0.598 e. The van der Waals surface area contributed by atoms with E-state index in [9.17, 15) is 8.94 Å². The van der Waals surface area contributed by atoms with Crippen LogP contribution < -0.4 is 4.72 Å². The highest BCUT2D eigenvalue weighted by atomic mass is 35.5. The Kier molecular flexibility index (Phi) is 6.45. The average Bonchev–Trinajstić information content (AvgIpc) is 2.36. The van der Waals surface area contributed by atoms with Crippen LogP contribution in [0.4, 0.5) is 4.39 Å². The van der Waals surface area contributed by atoms with Crippen LogP contribution in [-0.2, 0) is 11.4 Å². The van der Waals surface area contributed by atoms with Crippen molar-refractivity contribution in [3.8, 4) is 0 Å². The van der Waals surface area contributed by atoms with Gasteiger partial charge in [0.05, 0.1) is 6.04 Å². The third kappa shape index (κ3) is 4.74. The van der Waals surface area contributed by atoms with E-state index in [1.807, 2.05) is 20.8 Å². The van der Waals surface area contributed by atoms with Gasteiger partial charge in [-0.3, -0.25) is 0 Å². The van der Waals surface area contributed by atoms with E-state index < -0.39 is 22.1 Å². The molecule has 0 aliphatic carbocycles. The van der Waals surface area contributed by atoms with Gasteiger partial charge in [0.25, 0.3) is 0 Å². The van der Waals surface area contributed by atoms with Crippen molar-refractivity contribution >= 4 is 23.0 Å². The fourth-order valence-electron chi connectivity index (χ4n) is 1.57. The van der Waals surface area contributed by atoms with Crippen LogP contribution in [-0.4, -0.2) is 14.3 Å². The van der Waals surface area contributed by atoms with Crippen molar-refractivity contribution in [3.63, 3.8) is 0 Å². The van der Waals surface area contributed by atoms with E-state index in [1.54, 1.807) is 12.1 Å². The molecule has 1 heterocycles. The second-order valence-corrected chi connectivity index (χ2v) is 7.80. The van der Waals surface area contributed by atoms with Crippen LogP contribution in [0.15, 0.2) is 24.9 Å². The number of nitrogens with one attached hydrogen (secondary N) is 1. The van der Waals surface area contributed by atoms with Gasteiger partial charge >= 0.3 is 0 Å². The number of aromatic nitrogens is 1. The summed E-state index contributed by atoms with van der Waals surface area (Å²) in [6, 6.07) is 1.34. The van der Waals surface area contributed by atoms with Gasteiger partial charge in [0.1, 0.15) is 9.77 Å². The number of pyridine rings is 1. The van der Waals surface area contributed by atoms with Gasteiger partial charge < -0.3 is 4.55 Å². The molecule has 0 aliphatic heterocycles. The Morgan fingerprint density at radius 1 is 1.60 bits per heavy atom. The molecule has 0 bridgehead atoms. The summed E-state index contributed by atoms with van der Waals surface area (Å²) in [6.07, 6.45) is 4.47. The zero-order valence-corrected chi connectivity index (χ0v) is 13.5. The van der Waals surface area contributed by atoms with Gasteiger partial charge in [-0.05, 0) is 45.2 Å². The Bertz CT molecular complexity index is 465. The van der Waals surface area contributed by atoms with E-state index in [-0.39, 0.29) is 11.1 Å². The predicted octanol–water partition coefficient (Wildman–Crippen LogP) is 3.93. The maximum atomic E-state index is 13.5. The summed E-state index contributed by atoms with van der Waals surface area (Å²) in [4.78, 5) is 3.51. The average molecular weight is 319 g/mol. The van der Waals surface area contributed by atoms with Crippen LogP contribution in [0.1, 0.15) is 45.2 Å². The summed E-state index contributed by atoms with van der Waals surface area (Å²) in [5.74, 6) is -0.712. The first-order valence-electron chi connectivity index (χ1n) is 6.36. The molecule has 1 aromatic rings. The first-order valence-corrected chi connectivity index (χ1v) is 7.89. The van der Waals surface area contributed by atoms with Crippen LogP contribution in [0.3, 0.4) is 0 Å². The summed E-state index contributed by atoms with van der Waals surface area (Å²) in [5.41, 5.74) is 0.568. The number of allylic oxidation sites excluding steroid dienone is 1. The summed E-state index contributed by atoms with van der Waals surface area (Å²) in [5, 5.41) is -0.0278. The van der Waals surface area contributed by atoms with Gasteiger partial charge in [-0.25, -0.2) is 4.98 Å². The maximum absolute atomic E-state index is 13.5. The lowest BCUT2D eigenvalue weighted by Gasteiger charge is -2.28. The standard InChI is InChI=1S/C14H20ClFN2OS/c1-5-6-7-11(18-20(19)14(2,3)4)10-8-9-17-13(16)12(10)15/h5,8-9,11,18H,1,6-7H2,2-4H3/t11-,20?/m1/s1. The molecule has 112 valence electrons. The molecule has 20 heavy (non-hydrogen) atoms. The van der Waals surface area contributed by atoms with Gasteiger partial charge in [0.15, 0.2) is 0 Å². The van der Waals surface area contributed by atoms with Crippen LogP contribution in [0.5, 0.6) is 0 Å². The normalized spacial score (nSPS) is 14.9. The number of nitrogens with zero attached hydrogens (tertiary/aromatic N) is 1. The van der Waals surface area contributed by atoms with Crippen molar-refractivity contribution in [2.75, 3.05) is 0 Å². The molecule has 3 nitrogen and oxygen atoms in total. The molecular formula is C14H20ClFN2OS. The summed E-state index contributed by atoms with van der Waals surface area (Å²) >= 11 is 4.69. The minimum absolute atomic E-state index is 0.0278. The monoisotopic (exact) mass is 318 g/mol. The largest absolute Gasteiger partial charge is 0.598 e. The zero-order valence-electron chi connectivity index (χ0n) is 12.0. The Morgan fingerprint density at radius 2 is 2.25 bits per heavy atom. The van der Waals surface area contributed by atoms with Gasteiger partial charge in [0.2, 0.25) is 5.95 Å². The highest BCUT2D eigenvalue weighted by Gasteiger charge is 2.30. The molecule has 0 spiro atoms. The van der Waals surface area contributed by atoms with Crippen LogP contribution in [0.25, 0.3) is 0 Å².